The molecule has 0 aliphatic carbocycles. The standard InChI is InChI=1S/C8H17N2O2P.ClH/c1-5-11-6-2-9(1)13-10-3-7-12-8-4-10;/h13H,1-8H2;1H. The predicted octanol–water partition coefficient (Wildman–Crippen LogP) is 0.581. The monoisotopic (exact) mass is 240 g/mol. The molecule has 0 aromatic carbocycles. The van der Waals surface area contributed by atoms with Gasteiger partial charge in [-0.25, -0.2) is 0 Å². The van der Waals surface area contributed by atoms with Crippen molar-refractivity contribution in [2.24, 2.45) is 0 Å². The van der Waals surface area contributed by atoms with E-state index < -0.39 is 0 Å². The van der Waals surface area contributed by atoms with Gasteiger partial charge in [0.1, 0.15) is 0 Å². The molecule has 0 saturated carbocycles. The van der Waals surface area contributed by atoms with Crippen molar-refractivity contribution in [1.82, 2.24) is 9.34 Å². The summed E-state index contributed by atoms with van der Waals surface area (Å²) in [5.74, 6) is 0. The van der Waals surface area contributed by atoms with Crippen molar-refractivity contribution in [1.29, 1.82) is 0 Å². The summed E-state index contributed by atoms with van der Waals surface area (Å²) in [5.41, 5.74) is 0. The Morgan fingerprint density at radius 1 is 0.714 bits per heavy atom. The number of rotatable bonds is 2. The van der Waals surface area contributed by atoms with Crippen molar-refractivity contribution in [3.8, 4) is 0 Å². The van der Waals surface area contributed by atoms with E-state index in [0.717, 1.165) is 61.5 Å². The van der Waals surface area contributed by atoms with Crippen LogP contribution in [0.2, 0.25) is 0 Å². The highest BCUT2D eigenvalue weighted by atomic mass is 35.5. The molecule has 2 aliphatic rings. The van der Waals surface area contributed by atoms with Gasteiger partial charge >= 0.3 is 0 Å². The van der Waals surface area contributed by atoms with E-state index in [9.17, 15) is 0 Å². The van der Waals surface area contributed by atoms with Crippen LogP contribution in [0.3, 0.4) is 0 Å². The van der Waals surface area contributed by atoms with E-state index in [-0.39, 0.29) is 12.4 Å². The second-order valence-electron chi connectivity index (χ2n) is 3.30. The van der Waals surface area contributed by atoms with Crippen molar-refractivity contribution < 1.29 is 9.47 Å². The summed E-state index contributed by atoms with van der Waals surface area (Å²) in [6, 6.07) is 0. The van der Waals surface area contributed by atoms with Crippen LogP contribution in [0.1, 0.15) is 0 Å². The molecule has 2 fully saturated rings. The van der Waals surface area contributed by atoms with E-state index in [2.05, 4.69) is 9.34 Å². The van der Waals surface area contributed by atoms with Gasteiger partial charge in [-0.2, -0.15) is 0 Å². The molecule has 84 valence electrons. The molecule has 14 heavy (non-hydrogen) atoms. The number of morpholine rings is 2. The first-order valence-corrected chi connectivity index (χ1v) is 5.76. The Balaban J connectivity index is 0.000000980. The summed E-state index contributed by atoms with van der Waals surface area (Å²) < 4.78 is 15.6. The second kappa shape index (κ2) is 6.94. The van der Waals surface area contributed by atoms with E-state index in [1.807, 2.05) is 0 Å². The van der Waals surface area contributed by atoms with Crippen LogP contribution in [0.4, 0.5) is 0 Å². The van der Waals surface area contributed by atoms with E-state index in [1.165, 1.54) is 0 Å². The van der Waals surface area contributed by atoms with Crippen LogP contribution in [0.5, 0.6) is 0 Å². The van der Waals surface area contributed by atoms with E-state index in [1.54, 1.807) is 0 Å². The Kier molecular flexibility index (Phi) is 6.26. The molecule has 0 aromatic heterocycles. The van der Waals surface area contributed by atoms with Crippen molar-refractivity contribution in [2.75, 3.05) is 52.6 Å². The number of hydrogen-bond acceptors (Lipinski definition) is 4. The molecule has 2 rings (SSSR count). The highest BCUT2D eigenvalue weighted by Gasteiger charge is 2.16. The number of ether oxygens (including phenoxy) is 2. The first-order valence-electron chi connectivity index (χ1n) is 4.87. The van der Waals surface area contributed by atoms with Gasteiger partial charge in [-0.1, -0.05) is 0 Å². The van der Waals surface area contributed by atoms with Gasteiger partial charge in [0.15, 0.2) is 0 Å². The molecule has 0 spiro atoms. The van der Waals surface area contributed by atoms with Crippen LogP contribution in [0.25, 0.3) is 0 Å². The molecule has 0 amide bonds. The summed E-state index contributed by atoms with van der Waals surface area (Å²) in [7, 11) is 0.837. The van der Waals surface area contributed by atoms with Gasteiger partial charge in [0, 0.05) is 35.1 Å². The Morgan fingerprint density at radius 3 is 1.43 bits per heavy atom. The van der Waals surface area contributed by atoms with Gasteiger partial charge in [-0.15, -0.1) is 12.4 Å². The van der Waals surface area contributed by atoms with Crippen molar-refractivity contribution in [3.05, 3.63) is 0 Å². The summed E-state index contributed by atoms with van der Waals surface area (Å²) in [6.45, 7) is 7.97. The van der Waals surface area contributed by atoms with E-state index in [4.69, 9.17) is 9.47 Å². The van der Waals surface area contributed by atoms with Crippen molar-refractivity contribution in [2.45, 2.75) is 0 Å². The molecular weight excluding hydrogens is 223 g/mol. The molecule has 0 atom stereocenters. The van der Waals surface area contributed by atoms with Crippen LogP contribution in [0.15, 0.2) is 0 Å². The largest absolute Gasteiger partial charge is 0.379 e. The third kappa shape index (κ3) is 3.97. The Hall–Kier alpha value is 0.560. The van der Waals surface area contributed by atoms with Gasteiger partial charge < -0.3 is 9.47 Å². The minimum absolute atomic E-state index is 0. The molecule has 0 unspecified atom stereocenters. The first-order chi connectivity index (χ1) is 6.45. The molecule has 2 heterocycles. The maximum Gasteiger partial charge on any atom is 0.0597 e. The lowest BCUT2D eigenvalue weighted by Gasteiger charge is -2.34. The van der Waals surface area contributed by atoms with Gasteiger partial charge in [0.25, 0.3) is 0 Å². The fourth-order valence-corrected chi connectivity index (χ4v) is 2.69. The Bertz CT molecular complexity index is 136. The van der Waals surface area contributed by atoms with Crippen molar-refractivity contribution >= 4 is 21.3 Å². The molecule has 0 bridgehead atoms. The molecular formula is C8H18ClN2O2P. The molecule has 0 radical (unpaired) electrons. The highest BCUT2D eigenvalue weighted by Crippen LogP contribution is 2.25. The maximum atomic E-state index is 5.31. The molecule has 2 aliphatic heterocycles. The summed E-state index contributed by atoms with van der Waals surface area (Å²) in [6.07, 6.45) is 0. The van der Waals surface area contributed by atoms with Gasteiger partial charge in [-0.3, -0.25) is 9.34 Å². The summed E-state index contributed by atoms with van der Waals surface area (Å²) >= 11 is 0. The lowest BCUT2D eigenvalue weighted by atomic mass is 10.5. The first kappa shape index (κ1) is 12.6. The lowest BCUT2D eigenvalue weighted by molar-refractivity contribution is 0.0609. The van der Waals surface area contributed by atoms with E-state index in [0.29, 0.717) is 0 Å². The topological polar surface area (TPSA) is 24.9 Å². The molecule has 2 saturated heterocycles. The third-order valence-corrected chi connectivity index (χ3v) is 3.77. The minimum Gasteiger partial charge on any atom is -0.379 e. The third-order valence-electron chi connectivity index (χ3n) is 2.31. The van der Waals surface area contributed by atoms with Crippen molar-refractivity contribution in [3.63, 3.8) is 0 Å². The van der Waals surface area contributed by atoms with Crippen LogP contribution in [-0.4, -0.2) is 61.9 Å². The average Bonchev–Trinajstić information content (AvgIpc) is 2.21. The van der Waals surface area contributed by atoms with Crippen LogP contribution in [-0.2, 0) is 9.47 Å². The number of hydrogen-bond donors (Lipinski definition) is 0. The minimum atomic E-state index is 0. The predicted molar refractivity (Wildman–Crippen MR) is 60.3 cm³/mol. The van der Waals surface area contributed by atoms with Crippen LogP contribution < -0.4 is 0 Å². The number of halogens is 1. The Morgan fingerprint density at radius 2 is 1.07 bits per heavy atom. The fraction of sp³-hybridized carbons (Fsp3) is 1.00. The average molecular weight is 241 g/mol. The Labute approximate surface area is 93.2 Å². The van der Waals surface area contributed by atoms with E-state index >= 15 is 0 Å². The smallest absolute Gasteiger partial charge is 0.0597 e. The van der Waals surface area contributed by atoms with Gasteiger partial charge in [0.2, 0.25) is 0 Å². The normalized spacial score (nSPS) is 25.7. The second-order valence-corrected chi connectivity index (χ2v) is 4.76. The molecule has 0 aromatic rings. The highest BCUT2D eigenvalue weighted by molar-refractivity contribution is 7.32. The number of nitrogens with zero attached hydrogens (tertiary/aromatic N) is 2. The lowest BCUT2D eigenvalue weighted by Crippen LogP contribution is -2.37. The quantitative estimate of drug-likeness (QED) is 0.660. The maximum absolute atomic E-state index is 5.31. The van der Waals surface area contributed by atoms with Crippen LogP contribution >= 0.6 is 21.3 Å². The molecule has 4 nitrogen and oxygen atoms in total. The molecule has 6 heteroatoms. The zero-order valence-corrected chi connectivity index (χ0v) is 10.1. The summed E-state index contributed by atoms with van der Waals surface area (Å²) in [4.78, 5) is 0. The molecule has 0 N–H and O–H groups in total. The van der Waals surface area contributed by atoms with Crippen LogP contribution in [0, 0.1) is 0 Å². The van der Waals surface area contributed by atoms with Gasteiger partial charge in [-0.05, 0) is 0 Å². The SMILES string of the molecule is C1CN(PN2CCOCC2)CCO1.Cl. The zero-order valence-electron chi connectivity index (χ0n) is 8.28. The van der Waals surface area contributed by atoms with Gasteiger partial charge in [0.05, 0.1) is 26.4 Å². The fourth-order valence-electron chi connectivity index (χ4n) is 1.53. The summed E-state index contributed by atoms with van der Waals surface area (Å²) in [5, 5.41) is 0. The zero-order chi connectivity index (χ0) is 8.93.